The second kappa shape index (κ2) is 6.78. The van der Waals surface area contributed by atoms with Gasteiger partial charge in [-0.15, -0.1) is 0 Å². The molecule has 0 fully saturated rings. The van der Waals surface area contributed by atoms with E-state index in [1.165, 1.54) is 4.90 Å². The van der Waals surface area contributed by atoms with Crippen LogP contribution in [0.5, 0.6) is 0 Å². The van der Waals surface area contributed by atoms with E-state index in [0.29, 0.717) is 5.56 Å². The Bertz CT molecular complexity index is 532. The van der Waals surface area contributed by atoms with E-state index in [2.05, 4.69) is 18.4 Å². The lowest BCUT2D eigenvalue weighted by Gasteiger charge is -2.27. The van der Waals surface area contributed by atoms with E-state index in [0.717, 1.165) is 17.8 Å². The van der Waals surface area contributed by atoms with Gasteiger partial charge in [-0.25, -0.2) is 0 Å². The smallest absolute Gasteiger partial charge is 0.323 e. The van der Waals surface area contributed by atoms with Crippen LogP contribution in [-0.4, -0.2) is 39.0 Å². The largest absolute Gasteiger partial charge is 0.480 e. The highest BCUT2D eigenvalue weighted by atomic mass is 16.4. The van der Waals surface area contributed by atoms with Crippen LogP contribution in [0.4, 0.5) is 0 Å². The summed E-state index contributed by atoms with van der Waals surface area (Å²) in [5.41, 5.74) is 2.51. The fraction of sp³-hybridized carbons (Fsp3) is 0.625. The minimum absolute atomic E-state index is 0.101. The first-order valence-corrected chi connectivity index (χ1v) is 7.41. The molecule has 21 heavy (non-hydrogen) atoms. The van der Waals surface area contributed by atoms with Crippen molar-refractivity contribution in [1.82, 2.24) is 9.47 Å². The minimum atomic E-state index is -0.985. The highest BCUT2D eigenvalue weighted by molar-refractivity contribution is 5.97. The Labute approximate surface area is 126 Å². The van der Waals surface area contributed by atoms with E-state index in [9.17, 15) is 9.59 Å². The summed E-state index contributed by atoms with van der Waals surface area (Å²) in [7, 11) is 0. The molecule has 1 N–H and O–H groups in total. The summed E-state index contributed by atoms with van der Waals surface area (Å²) in [6.07, 6.45) is 0.724. The maximum absolute atomic E-state index is 12.7. The van der Waals surface area contributed by atoms with Gasteiger partial charge in [-0.3, -0.25) is 9.59 Å². The topological polar surface area (TPSA) is 62.5 Å². The van der Waals surface area contributed by atoms with Gasteiger partial charge in [-0.1, -0.05) is 6.92 Å². The van der Waals surface area contributed by atoms with Crippen molar-refractivity contribution in [3.63, 3.8) is 0 Å². The molecule has 0 aliphatic carbocycles. The second-order valence-electron chi connectivity index (χ2n) is 5.83. The van der Waals surface area contributed by atoms with Gasteiger partial charge >= 0.3 is 5.97 Å². The molecule has 1 rings (SSSR count). The number of aromatic nitrogens is 1. The van der Waals surface area contributed by atoms with Gasteiger partial charge in [0.05, 0.1) is 5.56 Å². The molecule has 0 spiro atoms. The molecule has 1 unspecified atom stereocenters. The Hall–Kier alpha value is -1.78. The lowest BCUT2D eigenvalue weighted by molar-refractivity contribution is -0.138. The van der Waals surface area contributed by atoms with E-state index in [1.807, 2.05) is 33.8 Å². The maximum Gasteiger partial charge on any atom is 0.323 e. The number of carbonyl (C=O) groups is 2. The van der Waals surface area contributed by atoms with Crippen LogP contribution in [0.1, 0.15) is 61.9 Å². The molecule has 5 nitrogen and oxygen atoms in total. The number of carboxylic acids is 1. The normalized spacial score (nSPS) is 12.5. The summed E-state index contributed by atoms with van der Waals surface area (Å²) in [6, 6.07) is 2.02. The fourth-order valence-electron chi connectivity index (χ4n) is 2.74. The first-order valence-electron chi connectivity index (χ1n) is 7.41. The van der Waals surface area contributed by atoms with Crippen molar-refractivity contribution in [2.45, 2.75) is 60.0 Å². The SMILES string of the molecule is CCC(C)N(CC(=O)O)C(=O)c1cc(C)n(C(C)C)c1C. The third-order valence-corrected chi connectivity index (χ3v) is 3.92. The van der Waals surface area contributed by atoms with Crippen LogP contribution in [0.25, 0.3) is 0 Å². The standard InChI is InChI=1S/C16H26N2O3/c1-7-11(4)17(9-15(19)20)16(21)14-8-12(5)18(10(2)3)13(14)6/h8,10-11H,7,9H2,1-6H3,(H,19,20). The molecule has 1 aromatic rings. The molecule has 5 heteroatoms. The number of aryl methyl sites for hydroxylation is 1. The summed E-state index contributed by atoms with van der Waals surface area (Å²) in [5, 5.41) is 9.04. The fourth-order valence-corrected chi connectivity index (χ4v) is 2.74. The molecular formula is C16H26N2O3. The molecule has 0 bridgehead atoms. The van der Waals surface area contributed by atoms with E-state index in [1.54, 1.807) is 0 Å². The van der Waals surface area contributed by atoms with Gasteiger partial charge < -0.3 is 14.6 Å². The Morgan fingerprint density at radius 2 is 1.86 bits per heavy atom. The Morgan fingerprint density at radius 3 is 2.24 bits per heavy atom. The van der Waals surface area contributed by atoms with Gasteiger partial charge in [0.25, 0.3) is 5.91 Å². The summed E-state index contributed by atoms with van der Waals surface area (Å²) < 4.78 is 2.10. The maximum atomic E-state index is 12.7. The summed E-state index contributed by atoms with van der Waals surface area (Å²) in [5.74, 6) is -1.19. The second-order valence-corrected chi connectivity index (χ2v) is 5.83. The summed E-state index contributed by atoms with van der Waals surface area (Å²) >= 11 is 0. The van der Waals surface area contributed by atoms with Gasteiger partial charge in [0, 0.05) is 23.5 Å². The number of hydrogen-bond donors (Lipinski definition) is 1. The van der Waals surface area contributed by atoms with Crippen LogP contribution < -0.4 is 0 Å². The van der Waals surface area contributed by atoms with E-state index in [4.69, 9.17) is 5.11 Å². The highest BCUT2D eigenvalue weighted by Crippen LogP contribution is 2.22. The van der Waals surface area contributed by atoms with Crippen LogP contribution in [0.15, 0.2) is 6.07 Å². The third kappa shape index (κ3) is 3.65. The Kier molecular flexibility index (Phi) is 5.58. The molecule has 0 aliphatic rings. The number of nitrogens with zero attached hydrogens (tertiary/aromatic N) is 2. The van der Waals surface area contributed by atoms with Crippen molar-refractivity contribution in [2.75, 3.05) is 6.54 Å². The zero-order valence-corrected chi connectivity index (χ0v) is 13.8. The van der Waals surface area contributed by atoms with Gasteiger partial charge in [-0.2, -0.15) is 0 Å². The number of amides is 1. The van der Waals surface area contributed by atoms with Gasteiger partial charge in [0.15, 0.2) is 0 Å². The van der Waals surface area contributed by atoms with Gasteiger partial charge in [0.2, 0.25) is 0 Å². The molecule has 118 valence electrons. The van der Waals surface area contributed by atoms with Gasteiger partial charge in [0.1, 0.15) is 6.54 Å². The number of aliphatic carboxylic acids is 1. The first-order chi connectivity index (χ1) is 9.70. The van der Waals surface area contributed by atoms with Crippen LogP contribution in [0.2, 0.25) is 0 Å². The zero-order chi connectivity index (χ0) is 16.3. The predicted molar refractivity (Wildman–Crippen MR) is 82.7 cm³/mol. The van der Waals surface area contributed by atoms with Crippen LogP contribution >= 0.6 is 0 Å². The Balaban J connectivity index is 3.21. The van der Waals surface area contributed by atoms with Crippen molar-refractivity contribution in [1.29, 1.82) is 0 Å². The summed E-state index contributed by atoms with van der Waals surface area (Å²) in [6.45, 7) is 11.6. The molecule has 0 aromatic carbocycles. The molecule has 0 saturated heterocycles. The predicted octanol–water partition coefficient (Wildman–Crippen LogP) is 3.01. The molecule has 1 heterocycles. The number of rotatable bonds is 6. The van der Waals surface area contributed by atoms with Crippen molar-refractivity contribution >= 4 is 11.9 Å². The van der Waals surface area contributed by atoms with E-state index < -0.39 is 5.97 Å². The lowest BCUT2D eigenvalue weighted by Crippen LogP contribution is -2.42. The molecule has 1 aromatic heterocycles. The molecule has 0 saturated carbocycles. The molecule has 1 amide bonds. The van der Waals surface area contributed by atoms with Gasteiger partial charge in [-0.05, 0) is 47.1 Å². The average Bonchev–Trinajstić information content (AvgIpc) is 2.69. The van der Waals surface area contributed by atoms with Crippen LogP contribution in [0.3, 0.4) is 0 Å². The van der Waals surface area contributed by atoms with Crippen molar-refractivity contribution in [2.24, 2.45) is 0 Å². The van der Waals surface area contributed by atoms with Crippen molar-refractivity contribution in [3.8, 4) is 0 Å². The first kappa shape index (κ1) is 17.3. The van der Waals surface area contributed by atoms with Crippen molar-refractivity contribution < 1.29 is 14.7 Å². The number of carboxylic acid groups (broad SMARTS) is 1. The third-order valence-electron chi connectivity index (χ3n) is 3.92. The monoisotopic (exact) mass is 294 g/mol. The Morgan fingerprint density at radius 1 is 1.29 bits per heavy atom. The minimum Gasteiger partial charge on any atom is -0.480 e. The lowest BCUT2D eigenvalue weighted by atomic mass is 10.1. The van der Waals surface area contributed by atoms with E-state index in [-0.39, 0.29) is 24.5 Å². The highest BCUT2D eigenvalue weighted by Gasteiger charge is 2.26. The zero-order valence-electron chi connectivity index (χ0n) is 13.8. The van der Waals surface area contributed by atoms with Crippen molar-refractivity contribution in [3.05, 3.63) is 23.0 Å². The summed E-state index contributed by atoms with van der Waals surface area (Å²) in [4.78, 5) is 25.2. The van der Waals surface area contributed by atoms with Crippen LogP contribution in [0, 0.1) is 13.8 Å². The average molecular weight is 294 g/mol. The number of carbonyl (C=O) groups excluding carboxylic acids is 1. The number of hydrogen-bond acceptors (Lipinski definition) is 2. The van der Waals surface area contributed by atoms with E-state index >= 15 is 0 Å². The molecule has 0 radical (unpaired) electrons. The molecular weight excluding hydrogens is 268 g/mol. The quantitative estimate of drug-likeness (QED) is 0.877. The van der Waals surface area contributed by atoms with Crippen LogP contribution in [-0.2, 0) is 4.79 Å². The molecule has 1 atom stereocenters. The molecule has 0 aliphatic heterocycles.